The standard InChI is InChI=1S/C19H21Cl2N3O2/c1-26-15-7-5-14(6-8-15)24-11-9-23(10-12-24)13-18(25)22-17-4-2-3-16(20)19(17)21/h2-8H,9-13H2,1H3,(H,22,25). The first-order chi connectivity index (χ1) is 12.6. The minimum absolute atomic E-state index is 0.0907. The lowest BCUT2D eigenvalue weighted by molar-refractivity contribution is -0.117. The van der Waals surface area contributed by atoms with Gasteiger partial charge in [-0.2, -0.15) is 0 Å². The predicted molar refractivity (Wildman–Crippen MR) is 107 cm³/mol. The maximum atomic E-state index is 12.3. The number of benzene rings is 2. The number of nitrogens with zero attached hydrogens (tertiary/aromatic N) is 2. The smallest absolute Gasteiger partial charge is 0.238 e. The van der Waals surface area contributed by atoms with Crippen LogP contribution in [0.25, 0.3) is 0 Å². The van der Waals surface area contributed by atoms with E-state index in [0.717, 1.165) is 31.9 Å². The molecule has 7 heteroatoms. The van der Waals surface area contributed by atoms with E-state index in [4.69, 9.17) is 27.9 Å². The molecule has 1 amide bonds. The van der Waals surface area contributed by atoms with Crippen molar-refractivity contribution in [3.8, 4) is 5.75 Å². The highest BCUT2D eigenvalue weighted by atomic mass is 35.5. The molecular weight excluding hydrogens is 373 g/mol. The third-order valence-electron chi connectivity index (χ3n) is 4.40. The SMILES string of the molecule is COc1ccc(N2CCN(CC(=O)Nc3cccc(Cl)c3Cl)CC2)cc1. The van der Waals surface area contributed by atoms with Crippen molar-refractivity contribution in [3.63, 3.8) is 0 Å². The molecule has 0 aromatic heterocycles. The third-order valence-corrected chi connectivity index (χ3v) is 5.22. The molecular formula is C19H21Cl2N3O2. The summed E-state index contributed by atoms with van der Waals surface area (Å²) in [7, 11) is 1.66. The lowest BCUT2D eigenvalue weighted by atomic mass is 10.2. The summed E-state index contributed by atoms with van der Waals surface area (Å²) in [4.78, 5) is 16.7. The third kappa shape index (κ3) is 4.61. The molecule has 1 saturated heterocycles. The van der Waals surface area contributed by atoms with Crippen LogP contribution in [-0.2, 0) is 4.79 Å². The molecule has 1 aliphatic rings. The van der Waals surface area contributed by atoms with Gasteiger partial charge >= 0.3 is 0 Å². The Balaban J connectivity index is 1.50. The predicted octanol–water partition coefficient (Wildman–Crippen LogP) is 3.76. The normalized spacial score (nSPS) is 15.0. The Bertz CT molecular complexity index is 760. The molecule has 138 valence electrons. The van der Waals surface area contributed by atoms with Crippen LogP contribution in [0.5, 0.6) is 5.75 Å². The van der Waals surface area contributed by atoms with E-state index < -0.39 is 0 Å². The number of carbonyl (C=O) groups is 1. The van der Waals surface area contributed by atoms with Crippen molar-refractivity contribution >= 4 is 40.5 Å². The molecule has 0 atom stereocenters. The molecule has 0 aliphatic carbocycles. The lowest BCUT2D eigenvalue weighted by Crippen LogP contribution is -2.48. The molecule has 0 unspecified atom stereocenters. The van der Waals surface area contributed by atoms with Crippen molar-refractivity contribution in [1.82, 2.24) is 4.90 Å². The van der Waals surface area contributed by atoms with Gasteiger partial charge in [0.15, 0.2) is 0 Å². The van der Waals surface area contributed by atoms with Gasteiger partial charge in [0.05, 0.1) is 29.4 Å². The highest BCUT2D eigenvalue weighted by molar-refractivity contribution is 6.44. The molecule has 1 aliphatic heterocycles. The van der Waals surface area contributed by atoms with Gasteiger partial charge in [0.1, 0.15) is 5.75 Å². The number of hydrogen-bond donors (Lipinski definition) is 1. The molecule has 2 aromatic rings. The number of halogens is 2. The van der Waals surface area contributed by atoms with Crippen LogP contribution in [0.4, 0.5) is 11.4 Å². The Labute approximate surface area is 163 Å². The van der Waals surface area contributed by atoms with Crippen LogP contribution < -0.4 is 15.0 Å². The first-order valence-corrected chi connectivity index (χ1v) is 9.17. The molecule has 0 spiro atoms. The molecule has 5 nitrogen and oxygen atoms in total. The lowest BCUT2D eigenvalue weighted by Gasteiger charge is -2.35. The minimum Gasteiger partial charge on any atom is -0.497 e. The summed E-state index contributed by atoms with van der Waals surface area (Å²) < 4.78 is 5.19. The Morgan fingerprint density at radius 3 is 2.42 bits per heavy atom. The summed E-state index contributed by atoms with van der Waals surface area (Å²) in [5.74, 6) is 0.760. The first kappa shape index (κ1) is 18.8. The number of amides is 1. The number of anilines is 2. The van der Waals surface area contributed by atoms with Gasteiger partial charge in [0.25, 0.3) is 0 Å². The fourth-order valence-electron chi connectivity index (χ4n) is 2.95. The van der Waals surface area contributed by atoms with E-state index in [2.05, 4.69) is 27.2 Å². The van der Waals surface area contributed by atoms with Crippen molar-refractivity contribution in [3.05, 3.63) is 52.5 Å². The van der Waals surface area contributed by atoms with E-state index in [9.17, 15) is 4.79 Å². The van der Waals surface area contributed by atoms with Crippen molar-refractivity contribution in [2.24, 2.45) is 0 Å². The van der Waals surface area contributed by atoms with Crippen LogP contribution in [0.1, 0.15) is 0 Å². The maximum absolute atomic E-state index is 12.3. The highest BCUT2D eigenvalue weighted by Gasteiger charge is 2.19. The molecule has 0 saturated carbocycles. The van der Waals surface area contributed by atoms with Gasteiger partial charge in [-0.15, -0.1) is 0 Å². The van der Waals surface area contributed by atoms with Gasteiger partial charge in [0.2, 0.25) is 5.91 Å². The molecule has 1 heterocycles. The molecule has 3 rings (SSSR count). The highest BCUT2D eigenvalue weighted by Crippen LogP contribution is 2.29. The Hall–Kier alpha value is -1.95. The van der Waals surface area contributed by atoms with Crippen molar-refractivity contribution in [2.75, 3.05) is 50.1 Å². The topological polar surface area (TPSA) is 44.8 Å². The number of methoxy groups -OCH3 is 1. The van der Waals surface area contributed by atoms with E-state index in [1.807, 2.05) is 12.1 Å². The van der Waals surface area contributed by atoms with Crippen LogP contribution in [0, 0.1) is 0 Å². The van der Waals surface area contributed by atoms with E-state index >= 15 is 0 Å². The second-order valence-corrected chi connectivity index (χ2v) is 6.90. The zero-order chi connectivity index (χ0) is 18.5. The number of nitrogens with one attached hydrogen (secondary N) is 1. The van der Waals surface area contributed by atoms with Gasteiger partial charge in [-0.1, -0.05) is 29.3 Å². The number of piperazine rings is 1. The Morgan fingerprint density at radius 1 is 1.08 bits per heavy atom. The zero-order valence-electron chi connectivity index (χ0n) is 14.5. The summed E-state index contributed by atoms with van der Waals surface area (Å²) in [6.07, 6.45) is 0. The summed E-state index contributed by atoms with van der Waals surface area (Å²) in [6.45, 7) is 3.72. The molecule has 0 bridgehead atoms. The first-order valence-electron chi connectivity index (χ1n) is 8.42. The monoisotopic (exact) mass is 393 g/mol. The van der Waals surface area contributed by atoms with Crippen LogP contribution in [0.2, 0.25) is 10.0 Å². The van der Waals surface area contributed by atoms with Crippen LogP contribution in [0.15, 0.2) is 42.5 Å². The van der Waals surface area contributed by atoms with E-state index in [1.165, 1.54) is 5.69 Å². The summed E-state index contributed by atoms with van der Waals surface area (Å²) in [6, 6.07) is 13.2. The van der Waals surface area contributed by atoms with Crippen molar-refractivity contribution in [2.45, 2.75) is 0 Å². The van der Waals surface area contributed by atoms with E-state index in [1.54, 1.807) is 25.3 Å². The molecule has 1 fully saturated rings. The quantitative estimate of drug-likeness (QED) is 0.839. The van der Waals surface area contributed by atoms with Gasteiger partial charge in [-0.05, 0) is 36.4 Å². The zero-order valence-corrected chi connectivity index (χ0v) is 16.1. The van der Waals surface area contributed by atoms with Crippen molar-refractivity contribution < 1.29 is 9.53 Å². The Morgan fingerprint density at radius 2 is 1.77 bits per heavy atom. The molecule has 2 aromatic carbocycles. The average Bonchev–Trinajstić information content (AvgIpc) is 2.66. The fraction of sp³-hybridized carbons (Fsp3) is 0.316. The maximum Gasteiger partial charge on any atom is 0.238 e. The second kappa shape index (κ2) is 8.62. The fourth-order valence-corrected chi connectivity index (χ4v) is 3.30. The number of ether oxygens (including phenoxy) is 1. The largest absolute Gasteiger partial charge is 0.497 e. The van der Waals surface area contributed by atoms with Gasteiger partial charge < -0.3 is 15.0 Å². The van der Waals surface area contributed by atoms with Crippen LogP contribution >= 0.6 is 23.2 Å². The number of hydrogen-bond acceptors (Lipinski definition) is 4. The second-order valence-electron chi connectivity index (χ2n) is 6.11. The summed E-state index contributed by atoms with van der Waals surface area (Å²) in [5.41, 5.74) is 1.71. The van der Waals surface area contributed by atoms with Crippen molar-refractivity contribution in [1.29, 1.82) is 0 Å². The van der Waals surface area contributed by atoms with Crippen LogP contribution in [0.3, 0.4) is 0 Å². The van der Waals surface area contributed by atoms with Gasteiger partial charge in [0, 0.05) is 31.9 Å². The molecule has 1 N–H and O–H groups in total. The average molecular weight is 394 g/mol. The molecule has 26 heavy (non-hydrogen) atoms. The van der Waals surface area contributed by atoms with E-state index in [-0.39, 0.29) is 5.91 Å². The van der Waals surface area contributed by atoms with Gasteiger partial charge in [-0.25, -0.2) is 0 Å². The van der Waals surface area contributed by atoms with E-state index in [0.29, 0.717) is 22.3 Å². The van der Waals surface area contributed by atoms with Crippen LogP contribution in [-0.4, -0.2) is 50.6 Å². The number of carbonyl (C=O) groups excluding carboxylic acids is 1. The van der Waals surface area contributed by atoms with Gasteiger partial charge in [-0.3, -0.25) is 9.69 Å². The minimum atomic E-state index is -0.0907. The number of rotatable bonds is 5. The molecule has 0 radical (unpaired) electrons. The summed E-state index contributed by atoms with van der Waals surface area (Å²) in [5, 5.41) is 3.63. The summed E-state index contributed by atoms with van der Waals surface area (Å²) >= 11 is 12.1. The Kier molecular flexibility index (Phi) is 6.25.